The Kier molecular flexibility index (Phi) is 10.8. The highest BCUT2D eigenvalue weighted by Crippen LogP contribution is 2.37. The predicted octanol–water partition coefficient (Wildman–Crippen LogP) is -5.27. The Hall–Kier alpha value is -1.54. The van der Waals surface area contributed by atoms with Crippen LogP contribution in [0.1, 0.15) is 12.8 Å². The molecule has 0 bridgehead atoms. The van der Waals surface area contributed by atoms with Gasteiger partial charge in [0.25, 0.3) is 0 Å². The van der Waals surface area contributed by atoms with Crippen LogP contribution in [0.5, 0.6) is 0 Å². The number of carbonyl (C=O) groups is 2. The minimum Gasteiger partial charge on any atom is -0.469 e. The Morgan fingerprint density at radius 2 is 1.24 bits per heavy atom. The van der Waals surface area contributed by atoms with Gasteiger partial charge < -0.3 is 69.3 Å². The summed E-state index contributed by atoms with van der Waals surface area (Å²) in [6.45, 7) is -1.18. The monoisotopic (exact) mass is 556 g/mol. The molecular formula is C22H36O16. The highest BCUT2D eigenvalue weighted by Gasteiger charge is 2.51. The van der Waals surface area contributed by atoms with Gasteiger partial charge >= 0.3 is 11.9 Å². The molecule has 2 heterocycles. The van der Waals surface area contributed by atoms with Gasteiger partial charge in [-0.05, 0) is 12.8 Å². The first-order chi connectivity index (χ1) is 17.9. The smallest absolute Gasteiger partial charge is 0.309 e. The predicted molar refractivity (Wildman–Crippen MR) is 118 cm³/mol. The summed E-state index contributed by atoms with van der Waals surface area (Å²) in [6, 6.07) is 0. The van der Waals surface area contributed by atoms with Gasteiger partial charge in [-0.2, -0.15) is 0 Å². The van der Waals surface area contributed by atoms with Crippen LogP contribution < -0.4 is 0 Å². The summed E-state index contributed by atoms with van der Waals surface area (Å²) in [4.78, 5) is 25.0. The van der Waals surface area contributed by atoms with Gasteiger partial charge in [0, 0.05) is 0 Å². The number of aliphatic hydroxyl groups is 8. The lowest BCUT2D eigenvalue weighted by Gasteiger charge is -2.45. The van der Waals surface area contributed by atoms with E-state index in [0.29, 0.717) is 0 Å². The molecule has 1 aliphatic carbocycles. The summed E-state index contributed by atoms with van der Waals surface area (Å²) in [6.07, 6.45) is -18.9. The lowest BCUT2D eigenvalue weighted by Crippen LogP contribution is -2.61. The van der Waals surface area contributed by atoms with Gasteiger partial charge in [-0.25, -0.2) is 0 Å². The van der Waals surface area contributed by atoms with Crippen molar-refractivity contribution in [3.63, 3.8) is 0 Å². The molecule has 2 saturated heterocycles. The van der Waals surface area contributed by atoms with Crippen LogP contribution in [0.3, 0.4) is 0 Å². The molecule has 0 aromatic heterocycles. The zero-order valence-corrected chi connectivity index (χ0v) is 20.8. The summed E-state index contributed by atoms with van der Waals surface area (Å²) in [7, 11) is 2.25. The zero-order chi connectivity index (χ0) is 28.3. The maximum atomic E-state index is 12.5. The third-order valence-corrected chi connectivity index (χ3v) is 7.20. The Morgan fingerprint density at radius 3 is 1.79 bits per heavy atom. The molecule has 0 aromatic rings. The van der Waals surface area contributed by atoms with Crippen molar-refractivity contribution in [2.75, 3.05) is 27.4 Å². The summed E-state index contributed by atoms with van der Waals surface area (Å²) in [5.41, 5.74) is 0. The molecule has 0 aromatic carbocycles. The van der Waals surface area contributed by atoms with Crippen LogP contribution in [0.25, 0.3) is 0 Å². The van der Waals surface area contributed by atoms with Gasteiger partial charge in [-0.3, -0.25) is 9.59 Å². The molecule has 16 heteroatoms. The van der Waals surface area contributed by atoms with E-state index in [1.54, 1.807) is 0 Å². The highest BCUT2D eigenvalue weighted by atomic mass is 16.7. The normalized spacial score (nSPS) is 45.8. The molecule has 2 aliphatic heterocycles. The van der Waals surface area contributed by atoms with E-state index in [-0.39, 0.29) is 12.8 Å². The van der Waals surface area contributed by atoms with Gasteiger partial charge in [0.05, 0.1) is 51.5 Å². The number of carbonyl (C=O) groups excluding carboxylic acids is 2. The van der Waals surface area contributed by atoms with Crippen LogP contribution in [0, 0.1) is 11.8 Å². The molecule has 8 N–H and O–H groups in total. The van der Waals surface area contributed by atoms with E-state index in [4.69, 9.17) is 28.4 Å². The van der Waals surface area contributed by atoms with Gasteiger partial charge in [-0.15, -0.1) is 0 Å². The third kappa shape index (κ3) is 6.43. The molecule has 38 heavy (non-hydrogen) atoms. The standard InChI is InChI=1S/C22H36O16/c1-33-19(30)7-3-9(35-6-12-14(25)15(26)17(28)21(32)36-12)10(4-8(7)20(31)34-2)37-22-18(29)16(27)13(24)11(5-23)38-22/h7-18,21-29,32H,3-6H2,1-2H3/t7-,8-,9-,10-,11+,12+,13+,14+,15-,16-,17-,18-,21-,22-/m0/s1. The first kappa shape index (κ1) is 31.0. The number of hydrogen-bond donors (Lipinski definition) is 8. The van der Waals surface area contributed by atoms with E-state index in [9.17, 15) is 50.4 Å². The van der Waals surface area contributed by atoms with Crippen LogP contribution in [0.4, 0.5) is 0 Å². The van der Waals surface area contributed by atoms with Crippen LogP contribution in [-0.2, 0) is 38.0 Å². The van der Waals surface area contributed by atoms with Crippen LogP contribution in [-0.4, -0.2) is 154 Å². The van der Waals surface area contributed by atoms with Crippen molar-refractivity contribution in [3.05, 3.63) is 0 Å². The lowest BCUT2D eigenvalue weighted by atomic mass is 9.76. The van der Waals surface area contributed by atoms with Crippen molar-refractivity contribution >= 4 is 11.9 Å². The second kappa shape index (κ2) is 13.2. The summed E-state index contributed by atoms with van der Waals surface area (Å²) in [5, 5.41) is 79.7. The number of methoxy groups -OCH3 is 2. The largest absolute Gasteiger partial charge is 0.469 e. The van der Waals surface area contributed by atoms with Crippen LogP contribution in [0.15, 0.2) is 0 Å². The van der Waals surface area contributed by atoms with Crippen molar-refractivity contribution in [1.82, 2.24) is 0 Å². The molecule has 0 amide bonds. The second-order valence-corrected chi connectivity index (χ2v) is 9.51. The van der Waals surface area contributed by atoms with Crippen LogP contribution >= 0.6 is 0 Å². The number of hydrogen-bond acceptors (Lipinski definition) is 16. The fourth-order valence-electron chi connectivity index (χ4n) is 4.91. The molecule has 16 nitrogen and oxygen atoms in total. The lowest BCUT2D eigenvalue weighted by molar-refractivity contribution is -0.325. The van der Waals surface area contributed by atoms with Crippen molar-refractivity contribution in [2.24, 2.45) is 11.8 Å². The molecule has 220 valence electrons. The van der Waals surface area contributed by atoms with Gasteiger partial charge in [-0.1, -0.05) is 0 Å². The van der Waals surface area contributed by atoms with Crippen molar-refractivity contribution in [2.45, 2.75) is 86.5 Å². The average Bonchev–Trinajstić information content (AvgIpc) is 2.92. The molecule has 0 spiro atoms. The first-order valence-corrected chi connectivity index (χ1v) is 12.1. The highest BCUT2D eigenvalue weighted by molar-refractivity contribution is 5.82. The van der Waals surface area contributed by atoms with Crippen molar-refractivity contribution in [3.8, 4) is 0 Å². The SMILES string of the molecule is COC(=O)[C@H]1C[C@H](OC[C@H]2O[C@H](O)[C@@H](O)[C@@H](O)[C@@H]2O)[C@@H](O[C@H]2O[C@H](CO)[C@@H](O)[C@H](O)[C@@H]2O)C[C@@H]1C(=O)OC. The minimum atomic E-state index is -1.82. The van der Waals surface area contributed by atoms with Crippen molar-refractivity contribution < 1.29 is 78.9 Å². The molecule has 3 aliphatic rings. The first-order valence-electron chi connectivity index (χ1n) is 12.1. The number of ether oxygens (including phenoxy) is 6. The van der Waals surface area contributed by atoms with E-state index in [0.717, 1.165) is 14.2 Å². The molecule has 1 saturated carbocycles. The summed E-state index contributed by atoms with van der Waals surface area (Å²) < 4.78 is 31.8. The summed E-state index contributed by atoms with van der Waals surface area (Å²) in [5.74, 6) is -3.63. The maximum Gasteiger partial charge on any atom is 0.309 e. The van der Waals surface area contributed by atoms with E-state index in [2.05, 4.69) is 0 Å². The number of aliphatic hydroxyl groups excluding tert-OH is 8. The molecule has 0 radical (unpaired) electrons. The fourth-order valence-corrected chi connectivity index (χ4v) is 4.91. The average molecular weight is 557 g/mol. The van der Waals surface area contributed by atoms with E-state index >= 15 is 0 Å². The summed E-state index contributed by atoms with van der Waals surface area (Å²) >= 11 is 0. The van der Waals surface area contributed by atoms with E-state index in [1.807, 2.05) is 0 Å². The zero-order valence-electron chi connectivity index (χ0n) is 20.8. The third-order valence-electron chi connectivity index (χ3n) is 7.20. The Bertz CT molecular complexity index is 795. The topological polar surface area (TPSA) is 251 Å². The number of esters is 2. The number of rotatable bonds is 8. The molecule has 14 atom stereocenters. The Balaban J connectivity index is 1.82. The maximum absolute atomic E-state index is 12.5. The van der Waals surface area contributed by atoms with Crippen LogP contribution in [0.2, 0.25) is 0 Å². The molecular weight excluding hydrogens is 520 g/mol. The van der Waals surface area contributed by atoms with Gasteiger partial charge in [0.2, 0.25) is 0 Å². The van der Waals surface area contributed by atoms with E-state index < -0.39 is 111 Å². The van der Waals surface area contributed by atoms with Gasteiger partial charge in [0.15, 0.2) is 12.6 Å². The minimum absolute atomic E-state index is 0.189. The second-order valence-electron chi connectivity index (χ2n) is 9.51. The Labute approximate surface area is 217 Å². The van der Waals surface area contributed by atoms with Gasteiger partial charge in [0.1, 0.15) is 48.8 Å². The molecule has 0 unspecified atom stereocenters. The quantitative estimate of drug-likeness (QED) is 0.130. The molecule has 3 rings (SSSR count). The fraction of sp³-hybridized carbons (Fsp3) is 0.909. The molecule has 3 fully saturated rings. The Morgan fingerprint density at radius 1 is 0.711 bits per heavy atom. The van der Waals surface area contributed by atoms with Crippen molar-refractivity contribution in [1.29, 1.82) is 0 Å². The van der Waals surface area contributed by atoms with E-state index in [1.165, 1.54) is 0 Å².